The minimum Gasteiger partial charge on any atom is -0.504 e. The van der Waals surface area contributed by atoms with Gasteiger partial charge in [0.15, 0.2) is 17.5 Å². The van der Waals surface area contributed by atoms with Crippen LogP contribution in [0.4, 0.5) is 18.9 Å². The van der Waals surface area contributed by atoms with E-state index in [-0.39, 0.29) is 24.0 Å². The van der Waals surface area contributed by atoms with Gasteiger partial charge in [-0.2, -0.15) is 0 Å². The molecule has 134 valence electrons. The lowest BCUT2D eigenvalue weighted by atomic mass is 10.2. The minimum atomic E-state index is -4.74. The molecule has 0 aliphatic carbocycles. The Labute approximate surface area is 141 Å². The highest BCUT2D eigenvalue weighted by Crippen LogP contribution is 2.26. The number of phenols is 1. The summed E-state index contributed by atoms with van der Waals surface area (Å²) in [5, 5.41) is 12.4. The molecule has 0 saturated carbocycles. The van der Waals surface area contributed by atoms with Crippen molar-refractivity contribution in [3.05, 3.63) is 48.0 Å². The molecular weight excluding hydrogens is 339 g/mol. The van der Waals surface area contributed by atoms with Crippen LogP contribution in [-0.4, -0.2) is 24.5 Å². The third kappa shape index (κ3) is 5.79. The van der Waals surface area contributed by atoms with Crippen molar-refractivity contribution < 1.29 is 27.8 Å². The molecule has 0 aliphatic rings. The van der Waals surface area contributed by atoms with E-state index in [1.165, 1.54) is 25.3 Å². The number of nitrogens with one attached hydrogen (secondary N) is 1. The molecule has 0 radical (unpaired) electrons. The minimum absolute atomic E-state index is 0.0121. The number of benzene rings is 2. The zero-order valence-corrected chi connectivity index (χ0v) is 13.2. The maximum absolute atomic E-state index is 12.1. The molecule has 0 heterocycles. The molecule has 2 rings (SSSR count). The number of phenolic OH excluding ortho intramolecular Hbond substituents is 1. The second kappa shape index (κ2) is 7.65. The number of hydrogen-bond donors (Lipinski definition) is 3. The zero-order chi connectivity index (χ0) is 18.4. The molecule has 0 aliphatic heterocycles. The number of methoxy groups -OCH3 is 1. The largest absolute Gasteiger partial charge is 0.573 e. The summed E-state index contributed by atoms with van der Waals surface area (Å²) < 4.78 is 45.0. The summed E-state index contributed by atoms with van der Waals surface area (Å²) in [5.74, 6) is 0.0732. The lowest BCUT2D eigenvalue weighted by molar-refractivity contribution is -0.274. The van der Waals surface area contributed by atoms with Crippen LogP contribution < -0.4 is 20.5 Å². The normalized spacial score (nSPS) is 11.9. The van der Waals surface area contributed by atoms with Crippen LogP contribution in [0.25, 0.3) is 0 Å². The van der Waals surface area contributed by atoms with Crippen molar-refractivity contribution >= 4 is 11.6 Å². The van der Waals surface area contributed by atoms with Crippen LogP contribution in [-0.2, 0) is 6.54 Å². The predicted molar refractivity (Wildman–Crippen MR) is 86.7 cm³/mol. The Bertz CT molecular complexity index is 747. The lowest BCUT2D eigenvalue weighted by Crippen LogP contribution is -2.22. The second-order valence-electron chi connectivity index (χ2n) is 4.90. The number of halogens is 3. The number of guanidine groups is 1. The Kier molecular flexibility index (Phi) is 5.58. The summed E-state index contributed by atoms with van der Waals surface area (Å²) >= 11 is 0. The smallest absolute Gasteiger partial charge is 0.504 e. The summed E-state index contributed by atoms with van der Waals surface area (Å²) in [7, 11) is 1.44. The second-order valence-corrected chi connectivity index (χ2v) is 4.90. The highest BCUT2D eigenvalue weighted by Gasteiger charge is 2.30. The molecule has 0 saturated heterocycles. The number of nitrogens with two attached hydrogens (primary N) is 1. The number of aromatic hydroxyl groups is 1. The van der Waals surface area contributed by atoms with E-state index in [9.17, 15) is 18.3 Å². The zero-order valence-electron chi connectivity index (χ0n) is 13.2. The van der Waals surface area contributed by atoms with Crippen LogP contribution in [0.1, 0.15) is 5.56 Å². The van der Waals surface area contributed by atoms with Gasteiger partial charge >= 0.3 is 6.36 Å². The highest BCUT2D eigenvalue weighted by atomic mass is 19.4. The number of hydrogen-bond acceptors (Lipinski definition) is 4. The van der Waals surface area contributed by atoms with E-state index in [0.717, 1.165) is 12.1 Å². The SMILES string of the molecule is COc1ccc(CN=C(N)Nc2ccc(OC(F)(F)F)cc2)cc1O. The molecule has 6 nitrogen and oxygen atoms in total. The van der Waals surface area contributed by atoms with Crippen LogP contribution in [0, 0.1) is 0 Å². The van der Waals surface area contributed by atoms with Crippen LogP contribution in [0.15, 0.2) is 47.5 Å². The fourth-order valence-corrected chi connectivity index (χ4v) is 1.94. The molecule has 2 aromatic rings. The quantitative estimate of drug-likeness (QED) is 0.566. The van der Waals surface area contributed by atoms with Crippen molar-refractivity contribution in [2.24, 2.45) is 10.7 Å². The summed E-state index contributed by atoms with van der Waals surface area (Å²) in [6.45, 7) is 0.200. The molecule has 2 aromatic carbocycles. The van der Waals surface area contributed by atoms with Gasteiger partial charge in [0.2, 0.25) is 0 Å². The van der Waals surface area contributed by atoms with E-state index in [1.807, 2.05) is 0 Å². The Morgan fingerprint density at radius 3 is 2.44 bits per heavy atom. The molecule has 0 amide bonds. The van der Waals surface area contributed by atoms with E-state index < -0.39 is 6.36 Å². The molecule has 9 heteroatoms. The van der Waals surface area contributed by atoms with Gasteiger partial charge in [0, 0.05) is 5.69 Å². The molecule has 0 aromatic heterocycles. The molecule has 0 fully saturated rings. The Hall–Kier alpha value is -3.10. The highest BCUT2D eigenvalue weighted by molar-refractivity contribution is 5.92. The summed E-state index contributed by atoms with van der Waals surface area (Å²) in [6, 6.07) is 9.89. The predicted octanol–water partition coefficient (Wildman–Crippen LogP) is 3.23. The van der Waals surface area contributed by atoms with Gasteiger partial charge in [0.25, 0.3) is 0 Å². The Morgan fingerprint density at radius 1 is 1.20 bits per heavy atom. The maximum Gasteiger partial charge on any atom is 0.573 e. The first-order chi connectivity index (χ1) is 11.8. The summed E-state index contributed by atoms with van der Waals surface area (Å²) in [4.78, 5) is 4.09. The number of nitrogens with zero attached hydrogens (tertiary/aromatic N) is 1. The maximum atomic E-state index is 12.1. The summed E-state index contributed by atoms with van der Waals surface area (Å²) in [6.07, 6.45) is -4.74. The van der Waals surface area contributed by atoms with E-state index >= 15 is 0 Å². The first kappa shape index (κ1) is 18.2. The van der Waals surface area contributed by atoms with Crippen molar-refractivity contribution in [2.75, 3.05) is 12.4 Å². The monoisotopic (exact) mass is 355 g/mol. The van der Waals surface area contributed by atoms with Crippen LogP contribution in [0.5, 0.6) is 17.2 Å². The molecule has 0 unspecified atom stereocenters. The number of ether oxygens (including phenoxy) is 2. The van der Waals surface area contributed by atoms with Crippen molar-refractivity contribution in [1.29, 1.82) is 0 Å². The molecular formula is C16H16F3N3O3. The topological polar surface area (TPSA) is 89.1 Å². The summed E-state index contributed by atoms with van der Waals surface area (Å²) in [5.41, 5.74) is 6.89. The van der Waals surface area contributed by atoms with E-state index in [0.29, 0.717) is 17.0 Å². The first-order valence-electron chi connectivity index (χ1n) is 7.05. The van der Waals surface area contributed by atoms with Crippen LogP contribution >= 0.6 is 0 Å². The molecule has 0 spiro atoms. The number of anilines is 1. The van der Waals surface area contributed by atoms with Gasteiger partial charge in [-0.05, 0) is 42.0 Å². The van der Waals surface area contributed by atoms with Crippen molar-refractivity contribution in [3.63, 3.8) is 0 Å². The average Bonchev–Trinajstić information content (AvgIpc) is 2.53. The van der Waals surface area contributed by atoms with Gasteiger partial charge in [0.05, 0.1) is 13.7 Å². The van der Waals surface area contributed by atoms with Gasteiger partial charge in [-0.3, -0.25) is 0 Å². The van der Waals surface area contributed by atoms with Gasteiger partial charge in [-0.15, -0.1) is 13.2 Å². The molecule has 4 N–H and O–H groups in total. The lowest BCUT2D eigenvalue weighted by Gasteiger charge is -2.10. The Morgan fingerprint density at radius 2 is 1.88 bits per heavy atom. The van der Waals surface area contributed by atoms with Gasteiger partial charge < -0.3 is 25.6 Å². The van der Waals surface area contributed by atoms with Gasteiger partial charge in [-0.25, -0.2) is 4.99 Å². The number of aliphatic imine (C=N–C) groups is 1. The van der Waals surface area contributed by atoms with Crippen molar-refractivity contribution in [2.45, 2.75) is 12.9 Å². The first-order valence-corrected chi connectivity index (χ1v) is 7.05. The third-order valence-corrected chi connectivity index (χ3v) is 3.04. The van der Waals surface area contributed by atoms with Crippen molar-refractivity contribution in [3.8, 4) is 17.2 Å². The number of rotatable bonds is 5. The van der Waals surface area contributed by atoms with E-state index in [2.05, 4.69) is 15.0 Å². The fraction of sp³-hybridized carbons (Fsp3) is 0.188. The third-order valence-electron chi connectivity index (χ3n) is 3.04. The van der Waals surface area contributed by atoms with E-state index in [4.69, 9.17) is 10.5 Å². The van der Waals surface area contributed by atoms with Gasteiger partial charge in [-0.1, -0.05) is 6.07 Å². The molecule has 25 heavy (non-hydrogen) atoms. The van der Waals surface area contributed by atoms with Crippen LogP contribution in [0.2, 0.25) is 0 Å². The van der Waals surface area contributed by atoms with Crippen LogP contribution in [0.3, 0.4) is 0 Å². The Balaban J connectivity index is 1.95. The molecule has 0 atom stereocenters. The standard InChI is InChI=1S/C16H16F3N3O3/c1-24-14-7-2-10(8-13(14)23)9-21-15(20)22-11-3-5-12(6-4-11)25-16(17,18)19/h2-8,23H,9H2,1H3,(H3,20,21,22). The average molecular weight is 355 g/mol. The van der Waals surface area contributed by atoms with Gasteiger partial charge in [0.1, 0.15) is 5.75 Å². The molecule has 0 bridgehead atoms. The fourth-order valence-electron chi connectivity index (χ4n) is 1.94. The number of alkyl halides is 3. The van der Waals surface area contributed by atoms with Crippen molar-refractivity contribution in [1.82, 2.24) is 0 Å². The van der Waals surface area contributed by atoms with E-state index in [1.54, 1.807) is 12.1 Å².